The molecule has 0 spiro atoms. The van der Waals surface area contributed by atoms with Gasteiger partial charge in [0.2, 0.25) is 5.88 Å². The minimum absolute atomic E-state index is 0.0426. The van der Waals surface area contributed by atoms with E-state index in [1.807, 2.05) is 37.3 Å². The van der Waals surface area contributed by atoms with Crippen LogP contribution in [0.25, 0.3) is 0 Å². The van der Waals surface area contributed by atoms with Crippen molar-refractivity contribution in [1.82, 2.24) is 0 Å². The second-order valence-corrected chi connectivity index (χ2v) is 8.10. The molecule has 2 N–H and O–H groups in total. The maximum atomic E-state index is 12.9. The summed E-state index contributed by atoms with van der Waals surface area (Å²) in [5, 5.41) is 0. The van der Waals surface area contributed by atoms with Crippen molar-refractivity contribution in [2.45, 2.75) is 38.7 Å². The Morgan fingerprint density at radius 2 is 1.85 bits per heavy atom. The van der Waals surface area contributed by atoms with Crippen molar-refractivity contribution in [3.8, 4) is 11.5 Å². The van der Waals surface area contributed by atoms with Gasteiger partial charge in [-0.05, 0) is 36.6 Å². The second kappa shape index (κ2) is 9.40. The van der Waals surface area contributed by atoms with Crippen molar-refractivity contribution in [2.24, 2.45) is 5.73 Å². The number of allylic oxidation sites excluding steroid dienone is 2. The van der Waals surface area contributed by atoms with Crippen LogP contribution in [0.1, 0.15) is 41.9 Å². The predicted molar refractivity (Wildman–Crippen MR) is 121 cm³/mol. The van der Waals surface area contributed by atoms with Crippen LogP contribution in [0.2, 0.25) is 0 Å². The van der Waals surface area contributed by atoms with Gasteiger partial charge in [-0.1, -0.05) is 35.9 Å². The quantitative estimate of drug-likeness (QED) is 0.665. The van der Waals surface area contributed by atoms with E-state index in [4.69, 9.17) is 24.7 Å². The van der Waals surface area contributed by atoms with E-state index in [0.29, 0.717) is 54.3 Å². The lowest BCUT2D eigenvalue weighted by atomic mass is 9.77. The van der Waals surface area contributed by atoms with Crippen molar-refractivity contribution < 1.29 is 28.5 Å². The zero-order valence-corrected chi connectivity index (χ0v) is 19.0. The molecule has 0 saturated carbocycles. The number of nitrogens with two attached hydrogens (primary N) is 1. The molecular weight excluding hydrogens is 422 g/mol. The largest absolute Gasteiger partial charge is 0.493 e. The summed E-state index contributed by atoms with van der Waals surface area (Å²) in [7, 11) is 2.82. The number of carbonyl (C=O) groups excluding carboxylic acids is 2. The van der Waals surface area contributed by atoms with E-state index in [1.54, 1.807) is 19.2 Å². The third kappa shape index (κ3) is 4.44. The number of Topliss-reactive ketones (excluding diaryl/α,β-unsaturated/α-hetero) is 1. The van der Waals surface area contributed by atoms with E-state index in [-0.39, 0.29) is 17.2 Å². The molecule has 0 bridgehead atoms. The summed E-state index contributed by atoms with van der Waals surface area (Å²) in [5.74, 6) is 0.108. The molecule has 0 unspecified atom stereocenters. The van der Waals surface area contributed by atoms with E-state index in [0.717, 1.165) is 5.56 Å². The van der Waals surface area contributed by atoms with Crippen LogP contribution >= 0.6 is 0 Å². The van der Waals surface area contributed by atoms with Gasteiger partial charge in [-0.2, -0.15) is 0 Å². The molecule has 2 aromatic carbocycles. The minimum Gasteiger partial charge on any atom is -0.493 e. The molecule has 1 aliphatic carbocycles. The fourth-order valence-electron chi connectivity index (χ4n) is 4.23. The lowest BCUT2D eigenvalue weighted by molar-refractivity contribution is -0.136. The Bertz CT molecular complexity index is 1150. The van der Waals surface area contributed by atoms with E-state index in [1.165, 1.54) is 12.7 Å². The first-order valence-electron chi connectivity index (χ1n) is 10.8. The van der Waals surface area contributed by atoms with Gasteiger partial charge in [-0.25, -0.2) is 4.79 Å². The summed E-state index contributed by atoms with van der Waals surface area (Å²) < 4.78 is 22.2. The second-order valence-electron chi connectivity index (χ2n) is 8.10. The zero-order chi connectivity index (χ0) is 23.5. The normalized spacial score (nSPS) is 17.9. The van der Waals surface area contributed by atoms with Gasteiger partial charge in [0.1, 0.15) is 17.9 Å². The van der Waals surface area contributed by atoms with Crippen LogP contribution in [0.3, 0.4) is 0 Å². The molecule has 1 aliphatic heterocycles. The van der Waals surface area contributed by atoms with Crippen molar-refractivity contribution in [3.63, 3.8) is 0 Å². The topological polar surface area (TPSA) is 97.1 Å². The van der Waals surface area contributed by atoms with Crippen molar-refractivity contribution in [2.75, 3.05) is 14.2 Å². The molecule has 7 nitrogen and oxygen atoms in total. The molecule has 0 aromatic heterocycles. The molecule has 172 valence electrons. The van der Waals surface area contributed by atoms with Crippen LogP contribution in [-0.2, 0) is 25.7 Å². The van der Waals surface area contributed by atoms with E-state index in [9.17, 15) is 9.59 Å². The number of hydrogen-bond acceptors (Lipinski definition) is 7. The van der Waals surface area contributed by atoms with Crippen LogP contribution in [0.5, 0.6) is 11.5 Å². The van der Waals surface area contributed by atoms with Gasteiger partial charge in [0.05, 0.1) is 20.1 Å². The number of methoxy groups -OCH3 is 2. The molecule has 2 aliphatic rings. The van der Waals surface area contributed by atoms with Crippen LogP contribution < -0.4 is 15.2 Å². The first-order valence-corrected chi connectivity index (χ1v) is 10.8. The Labute approximate surface area is 192 Å². The number of ketones is 1. The SMILES string of the molecule is COC(=O)C1=C(N)OC2=C(C(=O)CCC2)[C@H]1c1ccc(OCc2ccc(C)cc2)c(OC)c1. The Hall–Kier alpha value is -3.74. The number of rotatable bonds is 6. The van der Waals surface area contributed by atoms with Crippen LogP contribution in [0.15, 0.2) is 65.3 Å². The Morgan fingerprint density at radius 3 is 2.55 bits per heavy atom. The third-order valence-corrected chi connectivity index (χ3v) is 5.93. The molecule has 0 saturated heterocycles. The highest BCUT2D eigenvalue weighted by molar-refractivity contribution is 6.03. The highest BCUT2D eigenvalue weighted by atomic mass is 16.5. The maximum absolute atomic E-state index is 12.9. The zero-order valence-electron chi connectivity index (χ0n) is 19.0. The van der Waals surface area contributed by atoms with Crippen LogP contribution in [0, 0.1) is 6.92 Å². The first-order chi connectivity index (χ1) is 15.9. The molecule has 33 heavy (non-hydrogen) atoms. The van der Waals surface area contributed by atoms with Gasteiger partial charge in [-0.3, -0.25) is 4.79 Å². The van der Waals surface area contributed by atoms with E-state index in [2.05, 4.69) is 0 Å². The van der Waals surface area contributed by atoms with Gasteiger partial charge < -0.3 is 24.7 Å². The lowest BCUT2D eigenvalue weighted by Gasteiger charge is -2.32. The molecule has 0 fully saturated rings. The summed E-state index contributed by atoms with van der Waals surface area (Å²) in [6, 6.07) is 13.4. The Balaban J connectivity index is 1.71. The molecule has 4 rings (SSSR count). The van der Waals surface area contributed by atoms with Gasteiger partial charge in [-0.15, -0.1) is 0 Å². The Morgan fingerprint density at radius 1 is 1.09 bits per heavy atom. The third-order valence-electron chi connectivity index (χ3n) is 5.93. The number of benzene rings is 2. The summed E-state index contributed by atoms with van der Waals surface area (Å²) in [6.45, 7) is 2.41. The van der Waals surface area contributed by atoms with Gasteiger partial charge in [0.25, 0.3) is 0 Å². The number of hydrogen-bond donors (Lipinski definition) is 1. The van der Waals surface area contributed by atoms with Crippen molar-refractivity contribution in [3.05, 3.63) is 81.9 Å². The highest BCUT2D eigenvalue weighted by Gasteiger charge is 2.41. The lowest BCUT2D eigenvalue weighted by Crippen LogP contribution is -2.31. The number of carbonyl (C=O) groups is 2. The van der Waals surface area contributed by atoms with Crippen molar-refractivity contribution >= 4 is 11.8 Å². The molecule has 0 radical (unpaired) electrons. The summed E-state index contributed by atoms with van der Waals surface area (Å²) in [6.07, 6.45) is 1.66. The fourth-order valence-corrected chi connectivity index (χ4v) is 4.23. The Kier molecular flexibility index (Phi) is 6.40. The number of esters is 1. The molecule has 7 heteroatoms. The van der Waals surface area contributed by atoms with Gasteiger partial charge >= 0.3 is 5.97 Å². The minimum atomic E-state index is -0.700. The molecule has 1 heterocycles. The molecule has 2 aromatic rings. The molecule has 0 amide bonds. The maximum Gasteiger partial charge on any atom is 0.340 e. The standard InChI is InChI=1S/C26H27NO6/c1-15-7-9-16(10-8-15)14-32-19-12-11-17(13-21(19)30-2)22-23-18(28)5-4-6-20(23)33-25(27)24(22)26(29)31-3/h7-13,22H,4-6,14,27H2,1-3H3/t22-/m1/s1. The number of ether oxygens (including phenoxy) is 4. The predicted octanol–water partition coefficient (Wildman–Crippen LogP) is 4.05. The van der Waals surface area contributed by atoms with Gasteiger partial charge in [0.15, 0.2) is 17.3 Å². The smallest absolute Gasteiger partial charge is 0.340 e. The number of aryl methyl sites for hydroxylation is 1. The van der Waals surface area contributed by atoms with E-state index < -0.39 is 11.9 Å². The van der Waals surface area contributed by atoms with Crippen LogP contribution in [-0.4, -0.2) is 26.0 Å². The summed E-state index contributed by atoms with van der Waals surface area (Å²) >= 11 is 0. The van der Waals surface area contributed by atoms with Crippen LogP contribution in [0.4, 0.5) is 0 Å². The average Bonchev–Trinajstić information content (AvgIpc) is 2.82. The summed E-state index contributed by atoms with van der Waals surface area (Å²) in [4.78, 5) is 25.5. The van der Waals surface area contributed by atoms with Gasteiger partial charge in [0, 0.05) is 18.4 Å². The average molecular weight is 450 g/mol. The first kappa shape index (κ1) is 22.5. The monoisotopic (exact) mass is 449 g/mol. The molecule has 1 atom stereocenters. The van der Waals surface area contributed by atoms with E-state index >= 15 is 0 Å². The summed E-state index contributed by atoms with van der Waals surface area (Å²) in [5.41, 5.74) is 9.55. The van der Waals surface area contributed by atoms with Crippen molar-refractivity contribution in [1.29, 1.82) is 0 Å². The highest BCUT2D eigenvalue weighted by Crippen LogP contribution is 2.45. The fraction of sp³-hybridized carbons (Fsp3) is 0.308. The molecular formula is C26H27NO6.